The Balaban J connectivity index is 2.26. The van der Waals surface area contributed by atoms with E-state index in [0.29, 0.717) is 12.0 Å². The van der Waals surface area contributed by atoms with Crippen LogP contribution < -0.4 is 0 Å². The average Bonchev–Trinajstić information content (AvgIpc) is 2.43. The number of halogens is 2. The van der Waals surface area contributed by atoms with Gasteiger partial charge in [0.1, 0.15) is 5.60 Å². The van der Waals surface area contributed by atoms with Crippen LogP contribution in [0.4, 0.5) is 13.6 Å². The standard InChI is InChI=1S/C16H21F2NO3/c1-16(2,3)22-15(21)19-8-12-6-11(14(17)18)5-4-10(12)7-13(19)9-20/h4-6,13-14,20H,7-9H2,1-3H3. The third-order valence-electron chi connectivity index (χ3n) is 3.56. The molecule has 1 aliphatic heterocycles. The maximum absolute atomic E-state index is 12.8. The summed E-state index contributed by atoms with van der Waals surface area (Å²) in [5.41, 5.74) is 0.837. The van der Waals surface area contributed by atoms with E-state index in [-0.39, 0.29) is 18.7 Å². The van der Waals surface area contributed by atoms with Crippen LogP contribution in [0.15, 0.2) is 18.2 Å². The Morgan fingerprint density at radius 2 is 2.09 bits per heavy atom. The summed E-state index contributed by atoms with van der Waals surface area (Å²) in [6.07, 6.45) is -2.66. The number of fused-ring (bicyclic) bond motifs is 1. The largest absolute Gasteiger partial charge is 0.444 e. The first-order valence-corrected chi connectivity index (χ1v) is 7.21. The number of hydrogen-bond acceptors (Lipinski definition) is 3. The first-order chi connectivity index (χ1) is 10.2. The number of alkyl halides is 2. The van der Waals surface area contributed by atoms with E-state index in [4.69, 9.17) is 4.74 Å². The molecule has 0 saturated heterocycles. The first kappa shape index (κ1) is 16.7. The molecule has 0 bridgehead atoms. The Hall–Kier alpha value is -1.69. The number of rotatable bonds is 2. The van der Waals surface area contributed by atoms with E-state index in [9.17, 15) is 18.7 Å². The highest BCUT2D eigenvalue weighted by Gasteiger charge is 2.32. The smallest absolute Gasteiger partial charge is 0.410 e. The maximum Gasteiger partial charge on any atom is 0.410 e. The predicted octanol–water partition coefficient (Wildman–Crippen LogP) is 3.28. The molecule has 4 nitrogen and oxygen atoms in total. The van der Waals surface area contributed by atoms with Crippen molar-refractivity contribution in [3.63, 3.8) is 0 Å². The topological polar surface area (TPSA) is 49.8 Å². The molecule has 0 saturated carbocycles. The molecule has 6 heteroatoms. The molecular formula is C16H21F2NO3. The van der Waals surface area contributed by atoms with Crippen molar-refractivity contribution in [2.45, 2.75) is 51.8 Å². The zero-order valence-corrected chi connectivity index (χ0v) is 13.0. The molecular weight excluding hydrogens is 292 g/mol. The Morgan fingerprint density at radius 3 is 2.64 bits per heavy atom. The van der Waals surface area contributed by atoms with Crippen molar-refractivity contribution in [2.75, 3.05) is 6.61 Å². The van der Waals surface area contributed by atoms with Gasteiger partial charge in [0.2, 0.25) is 0 Å². The minimum Gasteiger partial charge on any atom is -0.444 e. The summed E-state index contributed by atoms with van der Waals surface area (Å²) in [5, 5.41) is 9.51. The second kappa shape index (κ2) is 6.20. The minimum absolute atomic E-state index is 0.0645. The molecule has 0 aromatic heterocycles. The number of benzene rings is 1. The van der Waals surface area contributed by atoms with E-state index in [2.05, 4.69) is 0 Å². The van der Waals surface area contributed by atoms with Gasteiger partial charge >= 0.3 is 6.09 Å². The van der Waals surface area contributed by atoms with Gasteiger partial charge in [-0.15, -0.1) is 0 Å². The van der Waals surface area contributed by atoms with Gasteiger partial charge in [0, 0.05) is 12.1 Å². The number of amides is 1. The van der Waals surface area contributed by atoms with Gasteiger partial charge < -0.3 is 9.84 Å². The van der Waals surface area contributed by atoms with E-state index in [1.165, 1.54) is 17.0 Å². The average molecular weight is 313 g/mol. The van der Waals surface area contributed by atoms with Crippen molar-refractivity contribution in [1.29, 1.82) is 0 Å². The SMILES string of the molecule is CC(C)(C)OC(=O)N1Cc2cc(C(F)F)ccc2CC1CO. The Morgan fingerprint density at radius 1 is 1.41 bits per heavy atom. The predicted molar refractivity (Wildman–Crippen MR) is 77.8 cm³/mol. The summed E-state index contributed by atoms with van der Waals surface area (Å²) in [7, 11) is 0. The normalized spacial score (nSPS) is 18.3. The number of carbonyl (C=O) groups excluding carboxylic acids is 1. The second-order valence-electron chi connectivity index (χ2n) is 6.48. The molecule has 22 heavy (non-hydrogen) atoms. The fourth-order valence-corrected chi connectivity index (χ4v) is 2.50. The summed E-state index contributed by atoms with van der Waals surface area (Å²) >= 11 is 0. The number of aliphatic hydroxyl groups excluding tert-OH is 1. The number of nitrogens with zero attached hydrogens (tertiary/aromatic N) is 1. The van der Waals surface area contributed by atoms with E-state index < -0.39 is 24.2 Å². The molecule has 0 fully saturated rings. The first-order valence-electron chi connectivity index (χ1n) is 7.21. The zero-order chi connectivity index (χ0) is 16.5. The number of aliphatic hydroxyl groups is 1. The highest BCUT2D eigenvalue weighted by Crippen LogP contribution is 2.29. The molecule has 1 aromatic rings. The summed E-state index contributed by atoms with van der Waals surface area (Å²) in [5.74, 6) is 0. The van der Waals surface area contributed by atoms with Gasteiger partial charge in [0.05, 0.1) is 12.6 Å². The van der Waals surface area contributed by atoms with Gasteiger partial charge in [-0.2, -0.15) is 0 Å². The molecule has 122 valence electrons. The monoisotopic (exact) mass is 313 g/mol. The van der Waals surface area contributed by atoms with Crippen molar-refractivity contribution in [2.24, 2.45) is 0 Å². The molecule has 1 aliphatic rings. The lowest BCUT2D eigenvalue weighted by Crippen LogP contribution is -2.48. The van der Waals surface area contributed by atoms with Gasteiger partial charge in [-0.25, -0.2) is 13.6 Å². The Labute approximate surface area is 128 Å². The van der Waals surface area contributed by atoms with Crippen LogP contribution in [0.25, 0.3) is 0 Å². The molecule has 0 radical (unpaired) electrons. The lowest BCUT2D eigenvalue weighted by Gasteiger charge is -2.37. The van der Waals surface area contributed by atoms with E-state index in [0.717, 1.165) is 5.56 Å². The highest BCUT2D eigenvalue weighted by molar-refractivity contribution is 5.69. The van der Waals surface area contributed by atoms with Crippen LogP contribution in [-0.2, 0) is 17.7 Å². The molecule has 1 heterocycles. The van der Waals surface area contributed by atoms with Crippen molar-refractivity contribution in [3.05, 3.63) is 34.9 Å². The Bertz CT molecular complexity index is 555. The maximum atomic E-state index is 12.8. The molecule has 2 rings (SSSR count). The van der Waals surface area contributed by atoms with E-state index >= 15 is 0 Å². The van der Waals surface area contributed by atoms with Crippen LogP contribution in [0.5, 0.6) is 0 Å². The lowest BCUT2D eigenvalue weighted by molar-refractivity contribution is 0.00459. The molecule has 1 N–H and O–H groups in total. The fourth-order valence-electron chi connectivity index (χ4n) is 2.50. The van der Waals surface area contributed by atoms with Crippen LogP contribution in [-0.4, -0.2) is 34.3 Å². The van der Waals surface area contributed by atoms with Crippen LogP contribution in [0, 0.1) is 0 Å². The molecule has 1 unspecified atom stereocenters. The van der Waals surface area contributed by atoms with Gasteiger partial charge in [0.15, 0.2) is 0 Å². The van der Waals surface area contributed by atoms with E-state index in [1.54, 1.807) is 26.8 Å². The third kappa shape index (κ3) is 3.74. The van der Waals surface area contributed by atoms with Gasteiger partial charge in [-0.1, -0.05) is 12.1 Å². The summed E-state index contributed by atoms with van der Waals surface area (Å²) in [6, 6.07) is 4.05. The summed E-state index contributed by atoms with van der Waals surface area (Å²) in [4.78, 5) is 13.7. The fraction of sp³-hybridized carbons (Fsp3) is 0.562. The third-order valence-corrected chi connectivity index (χ3v) is 3.56. The molecule has 1 amide bonds. The zero-order valence-electron chi connectivity index (χ0n) is 13.0. The summed E-state index contributed by atoms with van der Waals surface area (Å²) in [6.45, 7) is 5.23. The minimum atomic E-state index is -2.55. The van der Waals surface area contributed by atoms with Gasteiger partial charge in [-0.05, 0) is 44.4 Å². The molecule has 0 spiro atoms. The number of ether oxygens (including phenoxy) is 1. The Kier molecular flexibility index (Phi) is 4.70. The van der Waals surface area contributed by atoms with Crippen molar-refractivity contribution in [3.8, 4) is 0 Å². The van der Waals surface area contributed by atoms with Crippen LogP contribution in [0.1, 0.15) is 43.9 Å². The number of hydrogen-bond donors (Lipinski definition) is 1. The van der Waals surface area contributed by atoms with Gasteiger partial charge in [0.25, 0.3) is 6.43 Å². The summed E-state index contributed by atoms with van der Waals surface area (Å²) < 4.78 is 31.0. The van der Waals surface area contributed by atoms with Crippen molar-refractivity contribution >= 4 is 6.09 Å². The lowest BCUT2D eigenvalue weighted by atomic mass is 9.93. The molecule has 0 aliphatic carbocycles. The number of carbonyl (C=O) groups is 1. The van der Waals surface area contributed by atoms with Crippen LogP contribution >= 0.6 is 0 Å². The van der Waals surface area contributed by atoms with E-state index in [1.807, 2.05) is 0 Å². The van der Waals surface area contributed by atoms with Crippen molar-refractivity contribution < 1.29 is 23.4 Å². The van der Waals surface area contributed by atoms with Crippen LogP contribution in [0.2, 0.25) is 0 Å². The molecule has 1 atom stereocenters. The van der Waals surface area contributed by atoms with Gasteiger partial charge in [-0.3, -0.25) is 4.90 Å². The highest BCUT2D eigenvalue weighted by atomic mass is 19.3. The van der Waals surface area contributed by atoms with Crippen LogP contribution in [0.3, 0.4) is 0 Å². The quantitative estimate of drug-likeness (QED) is 0.911. The second-order valence-corrected chi connectivity index (χ2v) is 6.48. The molecule has 1 aromatic carbocycles. The van der Waals surface area contributed by atoms with Crippen molar-refractivity contribution in [1.82, 2.24) is 4.90 Å².